The Kier molecular flexibility index (Phi) is 6.21. The summed E-state index contributed by atoms with van der Waals surface area (Å²) in [4.78, 5) is 14.8. The molecule has 3 heterocycles. The molecule has 1 aromatic carbocycles. The molecule has 0 saturated carbocycles. The number of halogens is 1. The molecule has 0 unspecified atom stereocenters. The Bertz CT molecular complexity index is 1140. The van der Waals surface area contributed by atoms with Crippen molar-refractivity contribution in [3.8, 4) is 0 Å². The number of carbonyl (C=O) groups excluding carboxylic acids is 1. The zero-order chi connectivity index (χ0) is 21.3. The fraction of sp³-hybridized carbons (Fsp3) is 0.350. The third-order valence-electron chi connectivity index (χ3n) is 5.18. The molecule has 1 atom stereocenters. The predicted molar refractivity (Wildman–Crippen MR) is 117 cm³/mol. The lowest BCUT2D eigenvalue weighted by Crippen LogP contribution is -2.45. The lowest BCUT2D eigenvalue weighted by Gasteiger charge is -2.26. The van der Waals surface area contributed by atoms with Crippen LogP contribution in [0.2, 0.25) is 0 Å². The van der Waals surface area contributed by atoms with Gasteiger partial charge in [0.25, 0.3) is 10.0 Å². The molecule has 2 N–H and O–H groups in total. The van der Waals surface area contributed by atoms with Crippen LogP contribution in [0.15, 0.2) is 45.3 Å². The van der Waals surface area contributed by atoms with Crippen LogP contribution in [-0.4, -0.2) is 49.2 Å². The topological polar surface area (TPSA) is 83.7 Å². The summed E-state index contributed by atoms with van der Waals surface area (Å²) >= 11 is 2.58. The van der Waals surface area contributed by atoms with Gasteiger partial charge in [0.1, 0.15) is 16.1 Å². The Morgan fingerprint density at radius 1 is 1.27 bits per heavy atom. The average molecular weight is 468 g/mol. The number of likely N-dealkylation sites (tertiary alicyclic amines) is 1. The van der Waals surface area contributed by atoms with Crippen LogP contribution in [0.25, 0.3) is 10.1 Å². The number of hydrogen-bond acceptors (Lipinski definition) is 6. The van der Waals surface area contributed by atoms with Gasteiger partial charge in [0.15, 0.2) is 0 Å². The highest BCUT2D eigenvalue weighted by molar-refractivity contribution is 7.91. The van der Waals surface area contributed by atoms with E-state index in [2.05, 4.69) is 0 Å². The molecule has 1 amide bonds. The van der Waals surface area contributed by atoms with Gasteiger partial charge in [-0.2, -0.15) is 15.6 Å². The average Bonchev–Trinajstić information content (AvgIpc) is 3.44. The third-order valence-corrected chi connectivity index (χ3v) is 9.36. The van der Waals surface area contributed by atoms with Crippen LogP contribution in [0.4, 0.5) is 4.39 Å². The van der Waals surface area contributed by atoms with Crippen molar-refractivity contribution in [2.45, 2.75) is 29.6 Å². The van der Waals surface area contributed by atoms with Gasteiger partial charge in [-0.1, -0.05) is 6.07 Å². The van der Waals surface area contributed by atoms with Gasteiger partial charge >= 0.3 is 0 Å². The molecule has 6 nitrogen and oxygen atoms in total. The van der Waals surface area contributed by atoms with E-state index >= 15 is 0 Å². The second-order valence-corrected chi connectivity index (χ2v) is 11.2. The number of sulfonamides is 1. The lowest BCUT2D eigenvalue weighted by molar-refractivity contribution is -0.131. The highest BCUT2D eigenvalue weighted by Gasteiger charge is 2.42. The maximum Gasteiger partial charge on any atom is 0.253 e. The summed E-state index contributed by atoms with van der Waals surface area (Å²) in [6.07, 6.45) is 0.888. The normalized spacial score (nSPS) is 17.5. The van der Waals surface area contributed by atoms with Gasteiger partial charge in [-0.3, -0.25) is 4.79 Å². The van der Waals surface area contributed by atoms with E-state index in [0.717, 1.165) is 16.9 Å². The smallest absolute Gasteiger partial charge is 0.253 e. The first-order valence-electron chi connectivity index (χ1n) is 9.61. The van der Waals surface area contributed by atoms with Crippen molar-refractivity contribution in [2.75, 3.05) is 19.6 Å². The summed E-state index contributed by atoms with van der Waals surface area (Å²) in [7, 11) is -3.92. The summed E-state index contributed by atoms with van der Waals surface area (Å²) < 4.78 is 42.5. The molecule has 1 aliphatic heterocycles. The van der Waals surface area contributed by atoms with E-state index in [1.165, 1.54) is 16.4 Å². The highest BCUT2D eigenvalue weighted by atomic mass is 32.2. The van der Waals surface area contributed by atoms with Gasteiger partial charge in [0.05, 0.1) is 0 Å². The summed E-state index contributed by atoms with van der Waals surface area (Å²) in [5.74, 6) is -0.600. The van der Waals surface area contributed by atoms with E-state index in [1.807, 2.05) is 16.8 Å². The lowest BCUT2D eigenvalue weighted by atomic mass is 10.2. The molecule has 0 radical (unpaired) electrons. The van der Waals surface area contributed by atoms with Gasteiger partial charge in [0, 0.05) is 24.3 Å². The Balaban J connectivity index is 1.63. The number of carbonyl (C=O) groups is 1. The van der Waals surface area contributed by atoms with Crippen molar-refractivity contribution in [3.63, 3.8) is 0 Å². The second kappa shape index (κ2) is 8.72. The fourth-order valence-electron chi connectivity index (χ4n) is 3.66. The molecule has 4 rings (SSSR count). The van der Waals surface area contributed by atoms with E-state index in [1.54, 1.807) is 28.4 Å². The largest absolute Gasteiger partial charge is 0.337 e. The van der Waals surface area contributed by atoms with Crippen LogP contribution in [0.5, 0.6) is 0 Å². The van der Waals surface area contributed by atoms with Crippen molar-refractivity contribution in [2.24, 2.45) is 5.73 Å². The van der Waals surface area contributed by atoms with Crippen LogP contribution < -0.4 is 5.73 Å². The van der Waals surface area contributed by atoms with E-state index in [9.17, 15) is 17.6 Å². The minimum absolute atomic E-state index is 0.115. The van der Waals surface area contributed by atoms with Gasteiger partial charge in [0.2, 0.25) is 5.91 Å². The van der Waals surface area contributed by atoms with E-state index in [4.69, 9.17) is 5.73 Å². The number of benzene rings is 1. The van der Waals surface area contributed by atoms with Crippen molar-refractivity contribution >= 4 is 48.7 Å². The summed E-state index contributed by atoms with van der Waals surface area (Å²) in [6.45, 7) is 1.48. The first kappa shape index (κ1) is 21.4. The van der Waals surface area contributed by atoms with Gasteiger partial charge in [-0.15, -0.1) is 11.3 Å². The van der Waals surface area contributed by atoms with E-state index < -0.39 is 21.9 Å². The fourth-order valence-corrected chi connectivity index (χ4v) is 7.53. The molecule has 10 heteroatoms. The molecule has 0 spiro atoms. The molecule has 30 heavy (non-hydrogen) atoms. The van der Waals surface area contributed by atoms with Crippen LogP contribution in [0.1, 0.15) is 18.4 Å². The maximum atomic E-state index is 13.5. The van der Waals surface area contributed by atoms with Crippen LogP contribution in [0.3, 0.4) is 0 Å². The Labute approximate surface area is 182 Å². The monoisotopic (exact) mass is 467 g/mol. The van der Waals surface area contributed by atoms with Crippen molar-refractivity contribution in [1.82, 2.24) is 9.21 Å². The van der Waals surface area contributed by atoms with Crippen molar-refractivity contribution < 1.29 is 17.6 Å². The number of fused-ring (bicyclic) bond motifs is 1. The molecule has 160 valence electrons. The Morgan fingerprint density at radius 2 is 2.10 bits per heavy atom. The van der Waals surface area contributed by atoms with Gasteiger partial charge in [-0.05, 0) is 65.4 Å². The number of rotatable bonds is 8. The zero-order valence-electron chi connectivity index (χ0n) is 16.2. The van der Waals surface area contributed by atoms with Crippen LogP contribution in [-0.2, 0) is 21.4 Å². The number of amides is 1. The molecule has 1 saturated heterocycles. The molecule has 2 aromatic heterocycles. The Hall–Kier alpha value is -1.85. The van der Waals surface area contributed by atoms with E-state index in [0.29, 0.717) is 42.6 Å². The SMILES string of the molecule is NCCCN([C@H]1CCN(Cc2ccsc2)C1=O)S(=O)(=O)c1cc2ccc(F)cc2s1. The number of hydrogen-bond donors (Lipinski definition) is 1. The van der Waals surface area contributed by atoms with Gasteiger partial charge < -0.3 is 10.6 Å². The second-order valence-electron chi connectivity index (χ2n) is 7.20. The molecule has 1 fully saturated rings. The minimum atomic E-state index is -3.92. The van der Waals surface area contributed by atoms with Crippen molar-refractivity contribution in [1.29, 1.82) is 0 Å². The maximum absolute atomic E-state index is 13.5. The molecule has 0 aliphatic carbocycles. The van der Waals surface area contributed by atoms with Gasteiger partial charge in [-0.25, -0.2) is 12.8 Å². The number of nitrogens with two attached hydrogens (primary N) is 1. The quantitative estimate of drug-likeness (QED) is 0.551. The minimum Gasteiger partial charge on any atom is -0.337 e. The number of nitrogens with zero attached hydrogens (tertiary/aromatic N) is 2. The number of thiophene rings is 2. The van der Waals surface area contributed by atoms with Crippen molar-refractivity contribution in [3.05, 3.63) is 52.5 Å². The summed E-state index contributed by atoms with van der Waals surface area (Å²) in [5, 5.41) is 4.60. The first-order chi connectivity index (χ1) is 14.4. The van der Waals surface area contributed by atoms with E-state index in [-0.39, 0.29) is 16.7 Å². The summed E-state index contributed by atoms with van der Waals surface area (Å²) in [5.41, 5.74) is 6.67. The predicted octanol–water partition coefficient (Wildman–Crippen LogP) is 3.24. The molecule has 1 aliphatic rings. The molecule has 3 aromatic rings. The zero-order valence-corrected chi connectivity index (χ0v) is 18.6. The highest BCUT2D eigenvalue weighted by Crippen LogP contribution is 2.34. The van der Waals surface area contributed by atoms with Crippen LogP contribution in [0, 0.1) is 5.82 Å². The first-order valence-corrected chi connectivity index (χ1v) is 12.8. The third kappa shape index (κ3) is 4.15. The Morgan fingerprint density at radius 3 is 2.83 bits per heavy atom. The summed E-state index contributed by atoms with van der Waals surface area (Å²) in [6, 6.07) is 6.96. The molecule has 0 bridgehead atoms. The standard InChI is InChI=1S/C20H22FN3O3S3/c21-16-3-2-15-10-19(29-18(15)11-16)30(26,27)24(7-1-6-22)17-4-8-23(20(17)25)12-14-5-9-28-13-14/h2-3,5,9-11,13,17H,1,4,6-8,12,22H2/t17-/m0/s1. The molecular weight excluding hydrogens is 445 g/mol. The van der Waals surface area contributed by atoms with Crippen LogP contribution >= 0.6 is 22.7 Å². The molecular formula is C20H22FN3O3S3.